The van der Waals surface area contributed by atoms with Gasteiger partial charge in [0.15, 0.2) is 0 Å². The highest BCUT2D eigenvalue weighted by Gasteiger charge is 2.16. The molecule has 0 radical (unpaired) electrons. The van der Waals surface area contributed by atoms with E-state index in [1.807, 2.05) is 0 Å². The molecule has 35 heavy (non-hydrogen) atoms. The fraction of sp³-hybridized carbons (Fsp3) is 0.724. The van der Waals surface area contributed by atoms with E-state index < -0.39 is 11.8 Å². The molecule has 0 saturated carbocycles. The van der Waals surface area contributed by atoms with Crippen LogP contribution in [-0.4, -0.2) is 58.0 Å². The third-order valence-corrected chi connectivity index (χ3v) is 5.82. The molecule has 200 valence electrons. The molecule has 0 unspecified atom stereocenters. The van der Waals surface area contributed by atoms with Crippen molar-refractivity contribution in [2.45, 2.75) is 90.4 Å². The highest BCUT2D eigenvalue weighted by molar-refractivity contribution is 6.40. The average molecular weight is 493 g/mol. The molecule has 0 aromatic heterocycles. The van der Waals surface area contributed by atoms with Crippen LogP contribution in [0.5, 0.6) is 0 Å². The lowest BCUT2D eigenvalue weighted by Gasteiger charge is -2.07. The first-order valence-electron chi connectivity index (χ1n) is 13.8. The molecule has 0 bridgehead atoms. The SMILES string of the molecule is CCCCCCCCCCCCCCCOCCOCCOCCOC(=O)C(=O)c1ccccc1. The fourth-order valence-electron chi connectivity index (χ4n) is 3.73. The first-order chi connectivity index (χ1) is 17.3. The predicted molar refractivity (Wildman–Crippen MR) is 140 cm³/mol. The Balaban J connectivity index is 1.73. The van der Waals surface area contributed by atoms with E-state index in [9.17, 15) is 9.59 Å². The highest BCUT2D eigenvalue weighted by atomic mass is 16.6. The number of carbonyl (C=O) groups excluding carboxylic acids is 2. The minimum atomic E-state index is -0.864. The summed E-state index contributed by atoms with van der Waals surface area (Å²) in [5.74, 6) is -1.51. The molecule has 0 spiro atoms. The third-order valence-electron chi connectivity index (χ3n) is 5.82. The molecule has 0 aliphatic carbocycles. The number of benzene rings is 1. The first kappa shape index (κ1) is 31.3. The van der Waals surface area contributed by atoms with Gasteiger partial charge in [-0.1, -0.05) is 114 Å². The Morgan fingerprint density at radius 1 is 0.543 bits per heavy atom. The van der Waals surface area contributed by atoms with Crippen molar-refractivity contribution in [1.29, 1.82) is 0 Å². The maximum Gasteiger partial charge on any atom is 0.379 e. The number of ether oxygens (including phenoxy) is 4. The summed E-state index contributed by atoms with van der Waals surface area (Å²) >= 11 is 0. The van der Waals surface area contributed by atoms with E-state index in [2.05, 4.69) is 6.92 Å². The smallest absolute Gasteiger partial charge is 0.379 e. The molecule has 0 heterocycles. The van der Waals surface area contributed by atoms with E-state index in [4.69, 9.17) is 18.9 Å². The van der Waals surface area contributed by atoms with Crippen LogP contribution in [0.25, 0.3) is 0 Å². The van der Waals surface area contributed by atoms with Crippen LogP contribution in [0.1, 0.15) is 101 Å². The van der Waals surface area contributed by atoms with Gasteiger partial charge in [0, 0.05) is 12.2 Å². The molecule has 0 fully saturated rings. The van der Waals surface area contributed by atoms with Crippen LogP contribution in [0, 0.1) is 0 Å². The molecule has 1 aromatic rings. The minimum Gasteiger partial charge on any atom is -0.457 e. The predicted octanol–water partition coefficient (Wildman–Crippen LogP) is 6.55. The van der Waals surface area contributed by atoms with Gasteiger partial charge in [0.25, 0.3) is 5.78 Å². The molecular weight excluding hydrogens is 444 g/mol. The molecule has 1 rings (SSSR count). The maximum absolute atomic E-state index is 11.9. The molecular formula is C29H48O6. The van der Waals surface area contributed by atoms with E-state index in [-0.39, 0.29) is 13.2 Å². The van der Waals surface area contributed by atoms with Gasteiger partial charge in [-0.25, -0.2) is 4.79 Å². The lowest BCUT2D eigenvalue weighted by molar-refractivity contribution is -0.139. The summed E-state index contributed by atoms with van der Waals surface area (Å²) in [5.41, 5.74) is 0.322. The van der Waals surface area contributed by atoms with Crippen LogP contribution in [-0.2, 0) is 23.7 Å². The van der Waals surface area contributed by atoms with Gasteiger partial charge in [0.05, 0.1) is 33.0 Å². The zero-order chi connectivity index (χ0) is 25.2. The van der Waals surface area contributed by atoms with Gasteiger partial charge < -0.3 is 18.9 Å². The Hall–Kier alpha value is -1.76. The second-order valence-electron chi connectivity index (χ2n) is 8.91. The summed E-state index contributed by atoms with van der Waals surface area (Å²) in [7, 11) is 0. The van der Waals surface area contributed by atoms with Crippen LogP contribution >= 0.6 is 0 Å². The number of carbonyl (C=O) groups is 2. The zero-order valence-electron chi connectivity index (χ0n) is 22.0. The molecule has 0 saturated heterocycles. The highest BCUT2D eigenvalue weighted by Crippen LogP contribution is 2.12. The van der Waals surface area contributed by atoms with Gasteiger partial charge >= 0.3 is 5.97 Å². The van der Waals surface area contributed by atoms with Crippen molar-refractivity contribution < 1.29 is 28.5 Å². The van der Waals surface area contributed by atoms with Crippen molar-refractivity contribution in [2.75, 3.05) is 46.2 Å². The van der Waals surface area contributed by atoms with Crippen molar-refractivity contribution in [2.24, 2.45) is 0 Å². The molecule has 6 heteroatoms. The van der Waals surface area contributed by atoms with Gasteiger partial charge in [-0.05, 0) is 6.42 Å². The Labute approximate surface area is 213 Å². The molecule has 0 atom stereocenters. The largest absolute Gasteiger partial charge is 0.457 e. The number of hydrogen-bond acceptors (Lipinski definition) is 6. The Bertz CT molecular complexity index is 619. The molecule has 6 nitrogen and oxygen atoms in total. The monoisotopic (exact) mass is 492 g/mol. The van der Waals surface area contributed by atoms with Crippen LogP contribution in [0.2, 0.25) is 0 Å². The number of esters is 1. The van der Waals surface area contributed by atoms with Crippen LogP contribution < -0.4 is 0 Å². The lowest BCUT2D eigenvalue weighted by atomic mass is 10.0. The summed E-state index contributed by atoms with van der Waals surface area (Å²) in [5, 5.41) is 0. The Morgan fingerprint density at radius 3 is 1.49 bits per heavy atom. The molecule has 0 aliphatic heterocycles. The quantitative estimate of drug-likeness (QED) is 0.0667. The van der Waals surface area contributed by atoms with Crippen molar-refractivity contribution in [3.63, 3.8) is 0 Å². The summed E-state index contributed by atoms with van der Waals surface area (Å²) in [6.45, 7) is 5.34. The van der Waals surface area contributed by atoms with E-state index in [1.165, 1.54) is 77.0 Å². The van der Waals surface area contributed by atoms with Crippen LogP contribution in [0.3, 0.4) is 0 Å². The number of Topliss-reactive ketones (excluding diaryl/α,β-unsaturated/α-hetero) is 1. The number of ketones is 1. The second-order valence-corrected chi connectivity index (χ2v) is 8.91. The summed E-state index contributed by atoms with van der Waals surface area (Å²) in [6, 6.07) is 8.36. The Kier molecular flexibility index (Phi) is 21.4. The van der Waals surface area contributed by atoms with Crippen LogP contribution in [0.4, 0.5) is 0 Å². The zero-order valence-corrected chi connectivity index (χ0v) is 22.0. The van der Waals surface area contributed by atoms with Gasteiger partial charge in [0.1, 0.15) is 6.61 Å². The molecule has 0 N–H and O–H groups in total. The van der Waals surface area contributed by atoms with E-state index in [1.54, 1.807) is 30.3 Å². The lowest BCUT2D eigenvalue weighted by Crippen LogP contribution is -2.20. The van der Waals surface area contributed by atoms with Gasteiger partial charge in [-0.15, -0.1) is 0 Å². The van der Waals surface area contributed by atoms with Gasteiger partial charge in [-0.3, -0.25) is 4.79 Å². The standard InChI is InChI=1S/C29H48O6/c1-2-3-4-5-6-7-8-9-10-11-12-13-17-20-32-21-22-33-23-24-34-25-26-35-29(31)28(30)27-18-15-14-16-19-27/h14-16,18-19H,2-13,17,20-26H2,1H3. The molecule has 0 amide bonds. The molecule has 1 aromatic carbocycles. The molecule has 0 aliphatic rings. The minimum absolute atomic E-state index is 0.0413. The van der Waals surface area contributed by atoms with Gasteiger partial charge in [-0.2, -0.15) is 0 Å². The summed E-state index contributed by atoms with van der Waals surface area (Å²) in [4.78, 5) is 23.5. The Morgan fingerprint density at radius 2 is 0.971 bits per heavy atom. The topological polar surface area (TPSA) is 71.1 Å². The fourth-order valence-corrected chi connectivity index (χ4v) is 3.73. The van der Waals surface area contributed by atoms with Crippen molar-refractivity contribution in [3.05, 3.63) is 35.9 Å². The number of hydrogen-bond donors (Lipinski definition) is 0. The van der Waals surface area contributed by atoms with Crippen LogP contribution in [0.15, 0.2) is 30.3 Å². The summed E-state index contributed by atoms with van der Waals surface area (Å²) in [6.07, 6.45) is 17.6. The normalized spacial score (nSPS) is 11.0. The van der Waals surface area contributed by atoms with Crippen molar-refractivity contribution in [3.8, 4) is 0 Å². The van der Waals surface area contributed by atoms with E-state index >= 15 is 0 Å². The average Bonchev–Trinajstić information content (AvgIpc) is 2.89. The van der Waals surface area contributed by atoms with E-state index in [0.717, 1.165) is 13.0 Å². The van der Waals surface area contributed by atoms with Crippen molar-refractivity contribution in [1.82, 2.24) is 0 Å². The number of rotatable bonds is 25. The third kappa shape index (κ3) is 19.1. The number of unbranched alkanes of at least 4 members (excludes halogenated alkanes) is 12. The first-order valence-corrected chi connectivity index (χ1v) is 13.8. The summed E-state index contributed by atoms with van der Waals surface area (Å²) < 4.78 is 21.3. The maximum atomic E-state index is 11.9. The van der Waals surface area contributed by atoms with Gasteiger partial charge in [0.2, 0.25) is 0 Å². The van der Waals surface area contributed by atoms with Crippen molar-refractivity contribution >= 4 is 11.8 Å². The van der Waals surface area contributed by atoms with E-state index in [0.29, 0.717) is 32.0 Å². The second kappa shape index (κ2) is 24.0.